The number of aryl methyl sites for hydroxylation is 1. The van der Waals surface area contributed by atoms with Crippen LogP contribution in [-0.4, -0.2) is 4.57 Å². The number of nitrogens with zero attached hydrogens (tertiary/aromatic N) is 3. The lowest BCUT2D eigenvalue weighted by atomic mass is 9.70. The van der Waals surface area contributed by atoms with E-state index in [1.807, 2.05) is 0 Å². The van der Waals surface area contributed by atoms with Gasteiger partial charge in [0.1, 0.15) is 0 Å². The Labute approximate surface area is 414 Å². The van der Waals surface area contributed by atoms with Crippen molar-refractivity contribution >= 4 is 55.9 Å². The second kappa shape index (κ2) is 16.2. The van der Waals surface area contributed by atoms with Crippen molar-refractivity contribution < 1.29 is 0 Å². The molecule has 0 amide bonds. The predicted molar refractivity (Wildman–Crippen MR) is 297 cm³/mol. The molecule has 0 saturated carbocycles. The van der Waals surface area contributed by atoms with Crippen molar-refractivity contribution in [3.05, 3.63) is 295 Å². The zero-order valence-corrected chi connectivity index (χ0v) is 39.2. The Morgan fingerprint density at radius 1 is 0.296 bits per heavy atom. The first-order valence-corrected chi connectivity index (χ1v) is 24.6. The number of aromatic nitrogens is 1. The molecular formula is C68H47N3. The van der Waals surface area contributed by atoms with Gasteiger partial charge in [0, 0.05) is 50.6 Å². The summed E-state index contributed by atoms with van der Waals surface area (Å²) in [5, 5.41) is 2.44. The SMILES string of the molecule is Cc1ccc(N(c2ccccc2)c2cc(-c3ccc4c(c3)c3ccccc3n4-c3ccccc3)cc(N(c3ccccc3)c3ccc4c(c3)C3(c5ccccc5-c5ccccc53)c3ccccc3-4)c2)cc1. The smallest absolute Gasteiger partial charge is 0.0726 e. The molecule has 0 bridgehead atoms. The monoisotopic (exact) mass is 905 g/mol. The van der Waals surface area contributed by atoms with E-state index in [9.17, 15) is 0 Å². The molecule has 2 aliphatic carbocycles. The summed E-state index contributed by atoms with van der Waals surface area (Å²) in [7, 11) is 0. The van der Waals surface area contributed by atoms with Crippen LogP contribution in [0.15, 0.2) is 267 Å². The second-order valence-electron chi connectivity index (χ2n) is 19.0. The lowest BCUT2D eigenvalue weighted by molar-refractivity contribution is 0.793. The van der Waals surface area contributed by atoms with Gasteiger partial charge in [-0.1, -0.05) is 175 Å². The van der Waals surface area contributed by atoms with Crippen LogP contribution in [0.3, 0.4) is 0 Å². The first-order valence-electron chi connectivity index (χ1n) is 24.6. The van der Waals surface area contributed by atoms with E-state index < -0.39 is 5.41 Å². The molecule has 3 heteroatoms. The van der Waals surface area contributed by atoms with Crippen LogP contribution in [0.25, 0.3) is 60.9 Å². The van der Waals surface area contributed by atoms with E-state index in [1.54, 1.807) is 0 Å². The fourth-order valence-corrected chi connectivity index (χ4v) is 12.0. The van der Waals surface area contributed by atoms with Gasteiger partial charge in [0.2, 0.25) is 0 Å². The highest BCUT2D eigenvalue weighted by atomic mass is 15.2. The van der Waals surface area contributed by atoms with E-state index in [0.29, 0.717) is 0 Å². The summed E-state index contributed by atoms with van der Waals surface area (Å²) in [4.78, 5) is 4.87. The van der Waals surface area contributed by atoms with Crippen molar-refractivity contribution in [2.75, 3.05) is 9.80 Å². The van der Waals surface area contributed by atoms with Gasteiger partial charge < -0.3 is 14.4 Å². The largest absolute Gasteiger partial charge is 0.310 e. The Hall–Kier alpha value is -9.18. The fraction of sp³-hybridized carbons (Fsp3) is 0.0294. The van der Waals surface area contributed by atoms with E-state index >= 15 is 0 Å². The minimum Gasteiger partial charge on any atom is -0.310 e. The first-order chi connectivity index (χ1) is 35.1. The highest BCUT2D eigenvalue weighted by Gasteiger charge is 2.51. The van der Waals surface area contributed by atoms with Crippen LogP contribution in [0.1, 0.15) is 27.8 Å². The summed E-state index contributed by atoms with van der Waals surface area (Å²) in [5.74, 6) is 0. The van der Waals surface area contributed by atoms with Crippen molar-refractivity contribution in [3.63, 3.8) is 0 Å². The zero-order chi connectivity index (χ0) is 47.0. The predicted octanol–water partition coefficient (Wildman–Crippen LogP) is 18.0. The molecule has 334 valence electrons. The van der Waals surface area contributed by atoms with Crippen LogP contribution in [-0.2, 0) is 5.41 Å². The molecule has 1 heterocycles. The van der Waals surface area contributed by atoms with Crippen molar-refractivity contribution in [2.24, 2.45) is 0 Å². The number of benzene rings is 11. The molecule has 1 aromatic heterocycles. The van der Waals surface area contributed by atoms with Crippen LogP contribution < -0.4 is 9.80 Å². The maximum Gasteiger partial charge on any atom is 0.0726 e. The molecule has 0 saturated heterocycles. The number of hydrogen-bond donors (Lipinski definition) is 0. The van der Waals surface area contributed by atoms with Crippen molar-refractivity contribution in [3.8, 4) is 39.1 Å². The molecule has 0 fully saturated rings. The molecule has 0 N–H and O–H groups in total. The molecule has 1 spiro atoms. The minimum absolute atomic E-state index is 0.478. The van der Waals surface area contributed by atoms with Gasteiger partial charge in [-0.15, -0.1) is 0 Å². The van der Waals surface area contributed by atoms with Crippen molar-refractivity contribution in [1.29, 1.82) is 0 Å². The second-order valence-corrected chi connectivity index (χ2v) is 19.0. The quantitative estimate of drug-likeness (QED) is 0.151. The summed E-state index contributed by atoms with van der Waals surface area (Å²) in [5.41, 5.74) is 23.5. The Morgan fingerprint density at radius 3 is 1.37 bits per heavy atom. The van der Waals surface area contributed by atoms with E-state index in [2.05, 4.69) is 288 Å². The van der Waals surface area contributed by atoms with Crippen LogP contribution in [0.2, 0.25) is 0 Å². The number of para-hydroxylation sites is 4. The van der Waals surface area contributed by atoms with Gasteiger partial charge in [-0.05, 0) is 160 Å². The number of fused-ring (bicyclic) bond motifs is 13. The molecule has 0 unspecified atom stereocenters. The lowest BCUT2D eigenvalue weighted by Crippen LogP contribution is -2.26. The number of rotatable bonds is 8. The average molecular weight is 906 g/mol. The van der Waals surface area contributed by atoms with Crippen LogP contribution in [0, 0.1) is 6.92 Å². The van der Waals surface area contributed by atoms with E-state index in [-0.39, 0.29) is 0 Å². The maximum atomic E-state index is 2.49. The molecular weight excluding hydrogens is 859 g/mol. The Balaban J connectivity index is 1.03. The summed E-state index contributed by atoms with van der Waals surface area (Å²) in [6.07, 6.45) is 0. The third kappa shape index (κ3) is 6.30. The van der Waals surface area contributed by atoms with Crippen LogP contribution >= 0.6 is 0 Å². The molecule has 0 radical (unpaired) electrons. The molecule has 0 atom stereocenters. The van der Waals surface area contributed by atoms with Gasteiger partial charge in [-0.2, -0.15) is 0 Å². The molecule has 71 heavy (non-hydrogen) atoms. The van der Waals surface area contributed by atoms with E-state index in [0.717, 1.165) is 50.9 Å². The number of anilines is 6. The van der Waals surface area contributed by atoms with Gasteiger partial charge >= 0.3 is 0 Å². The third-order valence-corrected chi connectivity index (χ3v) is 15.0. The topological polar surface area (TPSA) is 11.4 Å². The van der Waals surface area contributed by atoms with E-state index in [4.69, 9.17) is 0 Å². The average Bonchev–Trinajstić information content (AvgIpc) is 4.05. The standard InChI is InChI=1S/C68H47N3/c1-46-33-36-52(37-34-46)69(49-19-5-2-6-20-49)54-41-48(47-35-40-67-61(43-47)60-28-14-18-32-66(60)71(67)51-23-9-4-10-24-51)42-55(44-54)70(50-21-7-3-8-22-50)53-38-39-59-58-27-13-17-31-64(58)68(65(59)45-53)62-29-15-11-25-56(62)57-26-12-16-30-63(57)68/h2-45H,1H3. The van der Waals surface area contributed by atoms with Gasteiger partial charge in [0.05, 0.1) is 16.4 Å². The normalized spacial score (nSPS) is 12.7. The molecule has 12 aromatic rings. The zero-order valence-electron chi connectivity index (χ0n) is 39.2. The summed E-state index contributed by atoms with van der Waals surface area (Å²) in [6, 6.07) is 98.6. The first kappa shape index (κ1) is 40.8. The molecule has 11 aromatic carbocycles. The van der Waals surface area contributed by atoms with Crippen LogP contribution in [0.5, 0.6) is 0 Å². The van der Waals surface area contributed by atoms with Crippen molar-refractivity contribution in [2.45, 2.75) is 12.3 Å². The van der Waals surface area contributed by atoms with Gasteiger partial charge in [-0.3, -0.25) is 0 Å². The summed E-state index contributed by atoms with van der Waals surface area (Å²) < 4.78 is 2.39. The molecule has 3 nitrogen and oxygen atoms in total. The Kier molecular flexibility index (Phi) is 9.33. The molecule has 0 aliphatic heterocycles. The Morgan fingerprint density at radius 2 is 0.761 bits per heavy atom. The molecule has 14 rings (SSSR count). The lowest BCUT2D eigenvalue weighted by Gasteiger charge is -2.33. The van der Waals surface area contributed by atoms with Crippen molar-refractivity contribution in [1.82, 2.24) is 4.57 Å². The van der Waals surface area contributed by atoms with Gasteiger partial charge in [0.15, 0.2) is 0 Å². The van der Waals surface area contributed by atoms with E-state index in [1.165, 1.54) is 71.9 Å². The highest BCUT2D eigenvalue weighted by molar-refractivity contribution is 6.10. The molecule has 2 aliphatic rings. The summed E-state index contributed by atoms with van der Waals surface area (Å²) >= 11 is 0. The van der Waals surface area contributed by atoms with Gasteiger partial charge in [0.25, 0.3) is 0 Å². The maximum absolute atomic E-state index is 2.49. The van der Waals surface area contributed by atoms with Crippen LogP contribution in [0.4, 0.5) is 34.1 Å². The Bertz CT molecular complexity index is 3940. The fourth-order valence-electron chi connectivity index (χ4n) is 12.0. The third-order valence-electron chi connectivity index (χ3n) is 15.0. The highest BCUT2D eigenvalue weighted by Crippen LogP contribution is 2.63. The summed E-state index contributed by atoms with van der Waals surface area (Å²) in [6.45, 7) is 2.15. The minimum atomic E-state index is -0.478. The number of hydrogen-bond acceptors (Lipinski definition) is 2. The van der Waals surface area contributed by atoms with Gasteiger partial charge in [-0.25, -0.2) is 0 Å².